The molecule has 0 aliphatic heterocycles. The van der Waals surface area contributed by atoms with Gasteiger partial charge in [0, 0.05) is 13.3 Å². The van der Waals surface area contributed by atoms with Gasteiger partial charge in [0.05, 0.1) is 38.1 Å². The Hall–Kier alpha value is -1.63. The first-order valence-corrected chi connectivity index (χ1v) is 13.0. The molecule has 0 saturated heterocycles. The number of carbonyl (C=O) groups excluding carboxylic acids is 1. The fraction of sp³-hybridized carbons (Fsp3) is 0.750. The van der Waals surface area contributed by atoms with Crippen LogP contribution in [0, 0.1) is 0 Å². The third kappa shape index (κ3) is 14.5. The summed E-state index contributed by atoms with van der Waals surface area (Å²) in [6.07, 6.45) is -1.18. The summed E-state index contributed by atoms with van der Waals surface area (Å²) in [6.45, 7) is 10.8. The Balaban J connectivity index is 5.47. The summed E-state index contributed by atoms with van der Waals surface area (Å²) in [7, 11) is 0. The van der Waals surface area contributed by atoms with Gasteiger partial charge in [0.15, 0.2) is 0 Å². The molecule has 0 saturated carbocycles. The summed E-state index contributed by atoms with van der Waals surface area (Å²) in [6, 6.07) is 0. The highest BCUT2D eigenvalue weighted by Crippen LogP contribution is 2.25. The van der Waals surface area contributed by atoms with Crippen molar-refractivity contribution in [3.8, 4) is 0 Å². The van der Waals surface area contributed by atoms with Crippen LogP contribution in [0.4, 0.5) is 0 Å². The van der Waals surface area contributed by atoms with E-state index in [1.807, 2.05) is 33.8 Å². The van der Waals surface area contributed by atoms with Gasteiger partial charge >= 0.3 is 5.97 Å². The summed E-state index contributed by atoms with van der Waals surface area (Å²) >= 11 is 0. The van der Waals surface area contributed by atoms with Crippen molar-refractivity contribution in [2.45, 2.75) is 110 Å². The predicted molar refractivity (Wildman–Crippen MR) is 144 cm³/mol. The Morgan fingerprint density at radius 1 is 0.868 bits per heavy atom. The lowest BCUT2D eigenvalue weighted by atomic mass is 9.88. The van der Waals surface area contributed by atoms with Crippen LogP contribution in [0.5, 0.6) is 0 Å². The lowest BCUT2D eigenvalue weighted by molar-refractivity contribution is -0.155. The number of esters is 1. The fourth-order valence-corrected chi connectivity index (χ4v) is 3.58. The van der Waals surface area contributed by atoms with E-state index in [0.717, 1.165) is 11.1 Å². The van der Waals surface area contributed by atoms with E-state index in [0.29, 0.717) is 18.4 Å². The van der Waals surface area contributed by atoms with E-state index in [2.05, 4.69) is 0 Å². The number of aliphatic hydroxyl groups excluding tert-OH is 5. The Morgan fingerprint density at radius 3 is 1.95 bits per heavy atom. The molecule has 0 radical (unpaired) electrons. The standard InChI is InChI=1S/C28H50O10/c1-18(2)9-8-12-28(7,35)25(33)15-23(38-21(6)31)20(5)11-14-37-27(22(32)16-29)26(34)24(17-30)36-13-10-19(3)4/h9-11,22-27,29-30,32-35H,8,12-17H2,1-7H3/b20-11+/t22-,23+,24+,25+,26+,27-,28+/m1/s1. The third-order valence-corrected chi connectivity index (χ3v) is 6.13. The molecule has 38 heavy (non-hydrogen) atoms. The minimum Gasteiger partial charge on any atom is -0.458 e. The van der Waals surface area contributed by atoms with Crippen LogP contribution in [-0.2, 0) is 19.0 Å². The van der Waals surface area contributed by atoms with Crippen molar-refractivity contribution in [1.82, 2.24) is 0 Å². The summed E-state index contributed by atoms with van der Waals surface area (Å²) in [5, 5.41) is 61.4. The lowest BCUT2D eigenvalue weighted by Gasteiger charge is -2.32. The van der Waals surface area contributed by atoms with Crippen molar-refractivity contribution in [2.24, 2.45) is 0 Å². The second-order valence-electron chi connectivity index (χ2n) is 10.3. The molecule has 0 aliphatic rings. The van der Waals surface area contributed by atoms with E-state index >= 15 is 0 Å². The van der Waals surface area contributed by atoms with E-state index in [1.165, 1.54) is 13.8 Å². The number of carbonyl (C=O) groups is 1. The van der Waals surface area contributed by atoms with Crippen LogP contribution in [0.3, 0.4) is 0 Å². The molecule has 0 fully saturated rings. The quantitative estimate of drug-likeness (QED) is 0.103. The van der Waals surface area contributed by atoms with Gasteiger partial charge in [-0.1, -0.05) is 29.4 Å². The molecule has 0 spiro atoms. The topological polar surface area (TPSA) is 166 Å². The normalized spacial score (nSPS) is 18.4. The third-order valence-electron chi connectivity index (χ3n) is 6.13. The van der Waals surface area contributed by atoms with Crippen molar-refractivity contribution in [2.75, 3.05) is 26.4 Å². The maximum atomic E-state index is 11.7. The van der Waals surface area contributed by atoms with Crippen LogP contribution in [0.25, 0.3) is 0 Å². The average molecular weight is 547 g/mol. The van der Waals surface area contributed by atoms with E-state index in [9.17, 15) is 35.4 Å². The highest BCUT2D eigenvalue weighted by atomic mass is 16.5. The van der Waals surface area contributed by atoms with Crippen LogP contribution in [0.2, 0.25) is 0 Å². The van der Waals surface area contributed by atoms with Gasteiger partial charge in [0.2, 0.25) is 0 Å². The molecule has 0 aromatic heterocycles. The molecule has 0 rings (SSSR count). The maximum Gasteiger partial charge on any atom is 0.303 e. The van der Waals surface area contributed by atoms with Crippen LogP contribution < -0.4 is 0 Å². The Kier molecular flexibility index (Phi) is 17.8. The van der Waals surface area contributed by atoms with Gasteiger partial charge in [-0.2, -0.15) is 0 Å². The van der Waals surface area contributed by atoms with Crippen molar-refractivity contribution in [3.05, 3.63) is 34.9 Å². The molecule has 0 unspecified atom stereocenters. The second-order valence-corrected chi connectivity index (χ2v) is 10.3. The number of hydrogen-bond donors (Lipinski definition) is 6. The van der Waals surface area contributed by atoms with Crippen LogP contribution in [0.1, 0.15) is 67.7 Å². The SMILES string of the molecule is CC(=O)O[C@@H](C[C@H](O)[C@@](C)(O)CCC=C(C)C)/C(C)=C/CO[C@@H]([C@@H](O)[C@H](CO)OCC=C(C)C)[C@H](O)CO. The smallest absolute Gasteiger partial charge is 0.303 e. The molecular weight excluding hydrogens is 496 g/mol. The molecule has 0 aliphatic carbocycles. The zero-order valence-corrected chi connectivity index (χ0v) is 24.0. The highest BCUT2D eigenvalue weighted by Gasteiger charge is 2.35. The minimum atomic E-state index is -1.46. The first-order chi connectivity index (χ1) is 17.7. The Labute approximate surface area is 227 Å². The maximum absolute atomic E-state index is 11.7. The van der Waals surface area contributed by atoms with E-state index in [4.69, 9.17) is 14.2 Å². The van der Waals surface area contributed by atoms with Gasteiger partial charge < -0.3 is 44.8 Å². The van der Waals surface area contributed by atoms with Gasteiger partial charge in [0.1, 0.15) is 30.5 Å². The molecule has 0 aromatic carbocycles. The molecule has 222 valence electrons. The summed E-state index contributed by atoms with van der Waals surface area (Å²) in [5.74, 6) is -0.566. The van der Waals surface area contributed by atoms with Gasteiger partial charge in [-0.3, -0.25) is 4.79 Å². The minimum absolute atomic E-state index is 0.0557. The number of aliphatic hydroxyl groups is 6. The molecule has 6 N–H and O–H groups in total. The number of allylic oxidation sites excluding steroid dienone is 3. The molecular formula is C28H50O10. The van der Waals surface area contributed by atoms with E-state index < -0.39 is 61.4 Å². The van der Waals surface area contributed by atoms with E-state index in [1.54, 1.807) is 19.1 Å². The number of rotatable bonds is 19. The molecule has 7 atom stereocenters. The van der Waals surface area contributed by atoms with Gasteiger partial charge in [0.25, 0.3) is 0 Å². The van der Waals surface area contributed by atoms with Crippen LogP contribution in [0.15, 0.2) is 34.9 Å². The first kappa shape index (κ1) is 36.4. The highest BCUT2D eigenvalue weighted by molar-refractivity contribution is 5.66. The van der Waals surface area contributed by atoms with Crippen molar-refractivity contribution < 1.29 is 49.6 Å². The first-order valence-electron chi connectivity index (χ1n) is 13.0. The fourth-order valence-electron chi connectivity index (χ4n) is 3.58. The zero-order valence-electron chi connectivity index (χ0n) is 24.0. The van der Waals surface area contributed by atoms with Gasteiger partial charge in [-0.25, -0.2) is 0 Å². The van der Waals surface area contributed by atoms with Crippen LogP contribution >= 0.6 is 0 Å². The van der Waals surface area contributed by atoms with Gasteiger partial charge in [-0.05, 0) is 60.0 Å². The summed E-state index contributed by atoms with van der Waals surface area (Å²) in [5.41, 5.74) is 1.20. The molecule has 0 bridgehead atoms. The summed E-state index contributed by atoms with van der Waals surface area (Å²) < 4.78 is 16.5. The lowest BCUT2D eigenvalue weighted by Crippen LogP contribution is -2.49. The Morgan fingerprint density at radius 2 is 1.45 bits per heavy atom. The van der Waals surface area contributed by atoms with E-state index in [-0.39, 0.29) is 19.6 Å². The molecule has 0 heterocycles. The molecule has 0 aromatic rings. The van der Waals surface area contributed by atoms with Crippen LogP contribution in [-0.4, -0.2) is 105 Å². The molecule has 10 heteroatoms. The van der Waals surface area contributed by atoms with Crippen molar-refractivity contribution >= 4 is 5.97 Å². The zero-order chi connectivity index (χ0) is 29.5. The Bertz CT molecular complexity index is 766. The molecule has 10 nitrogen and oxygen atoms in total. The van der Waals surface area contributed by atoms with Crippen molar-refractivity contribution in [1.29, 1.82) is 0 Å². The predicted octanol–water partition coefficient (Wildman–Crippen LogP) is 1.56. The number of hydrogen-bond acceptors (Lipinski definition) is 10. The summed E-state index contributed by atoms with van der Waals surface area (Å²) in [4.78, 5) is 11.7. The van der Waals surface area contributed by atoms with Crippen molar-refractivity contribution in [3.63, 3.8) is 0 Å². The largest absolute Gasteiger partial charge is 0.458 e. The van der Waals surface area contributed by atoms with Gasteiger partial charge in [-0.15, -0.1) is 0 Å². The second kappa shape index (κ2) is 18.6. The molecule has 0 amide bonds. The average Bonchev–Trinajstić information content (AvgIpc) is 2.82. The monoisotopic (exact) mass is 546 g/mol. The number of ether oxygens (including phenoxy) is 3.